The minimum Gasteiger partial charge on any atom is -0.750 e. The summed E-state index contributed by atoms with van der Waals surface area (Å²) in [7, 11) is 0. The van der Waals surface area contributed by atoms with Crippen LogP contribution in [0.4, 0.5) is 0 Å². The van der Waals surface area contributed by atoms with Gasteiger partial charge in [0.15, 0.2) is 4.29 Å². The van der Waals surface area contributed by atoms with Gasteiger partial charge in [-0.1, -0.05) is 478 Å². The van der Waals surface area contributed by atoms with Gasteiger partial charge in [0.05, 0.1) is 11.4 Å². The van der Waals surface area contributed by atoms with E-state index in [4.69, 9.17) is 13.3 Å². The summed E-state index contributed by atoms with van der Waals surface area (Å²) in [6.07, 6.45) is 0. The van der Waals surface area contributed by atoms with Gasteiger partial charge in [-0.2, -0.15) is 0 Å². The molecule has 292 valence electrons. The Bertz CT molecular complexity index is 1070. The molecule has 0 aliphatic rings. The normalized spacial score (nSPS) is 17.2. The lowest BCUT2D eigenvalue weighted by Crippen LogP contribution is -2.72. The quantitative estimate of drug-likeness (QED) is 0.166. The predicted octanol–water partition coefficient (Wildman–Crippen LogP) is 21.8. The van der Waals surface area contributed by atoms with Gasteiger partial charge in [-0.25, -0.2) is 4.21 Å². The lowest BCUT2D eigenvalue weighted by molar-refractivity contribution is 0.436. The number of hydrogen-bond donors (Lipinski definition) is 1. The van der Waals surface area contributed by atoms with E-state index in [0.29, 0.717) is 0 Å². The van der Waals surface area contributed by atoms with Crippen LogP contribution in [-0.2, 0) is 11.4 Å². The van der Waals surface area contributed by atoms with Crippen molar-refractivity contribution < 1.29 is 13.3 Å². The third-order valence-electron chi connectivity index (χ3n) is 5.05. The van der Waals surface area contributed by atoms with Gasteiger partial charge in [0.2, 0.25) is 0 Å². The first-order valence-corrected chi connectivity index (χ1v) is 34.3. The third kappa shape index (κ3) is 12.4. The van der Waals surface area contributed by atoms with Crippen LogP contribution in [0.3, 0.4) is 0 Å². The van der Waals surface area contributed by atoms with Crippen molar-refractivity contribution in [1.29, 1.82) is 0 Å². The number of alkyl halides is 30. The summed E-state index contributed by atoms with van der Waals surface area (Å²) < 4.78 is 8.53. The van der Waals surface area contributed by atoms with Crippen molar-refractivity contribution in [3.63, 3.8) is 0 Å². The zero-order valence-corrected chi connectivity index (χ0v) is 68.4. The molecule has 1 N–H and O–H groups in total. The van der Waals surface area contributed by atoms with E-state index in [1.165, 1.54) is 0 Å². The van der Waals surface area contributed by atoms with Crippen LogP contribution < -0.4 is 0 Å². The van der Waals surface area contributed by atoms with Gasteiger partial charge in [-0.3, -0.25) is 0 Å². The van der Waals surface area contributed by atoms with E-state index in [0.717, 1.165) is 0 Å². The second-order valence-electron chi connectivity index (χ2n) is 8.11. The molecule has 3 nitrogen and oxygen atoms in total. The zero-order chi connectivity index (χ0) is 40.6. The van der Waals surface area contributed by atoms with Gasteiger partial charge in [0.25, 0.3) is 0 Å². The second-order valence-corrected chi connectivity index (χ2v) is 63.4. The number of hydrogen-bond acceptors (Lipinski definition) is 2. The maximum absolute atomic E-state index is 8.56. The van der Waals surface area contributed by atoms with Crippen LogP contribution in [0.1, 0.15) is 0 Å². The molecule has 0 spiro atoms. The Kier molecular flexibility index (Phi) is 29.4. The topological polar surface area (TPSA) is 60.4 Å². The summed E-state index contributed by atoms with van der Waals surface area (Å²) in [5.41, 5.74) is 0. The van der Waals surface area contributed by atoms with Crippen LogP contribution in [-0.4, -0.2) is 56.4 Å². The lowest BCUT2D eigenvalue weighted by Gasteiger charge is -2.61. The molecule has 0 rings (SSSR count). The van der Waals surface area contributed by atoms with E-state index >= 15 is 0 Å². The van der Waals surface area contributed by atoms with E-state index in [2.05, 4.69) is 478 Å². The maximum Gasteiger partial charge on any atom is 0.162 e. The van der Waals surface area contributed by atoms with Crippen molar-refractivity contribution in [2.75, 3.05) is 0 Å². The van der Waals surface area contributed by atoms with Gasteiger partial charge in [-0.15, -0.1) is 0 Å². The first-order valence-electron chi connectivity index (χ1n) is 9.44. The van der Waals surface area contributed by atoms with E-state index < -0.39 is 54.4 Å². The molecule has 1 atom stereocenters. The first-order chi connectivity index (χ1) is 20.0. The van der Waals surface area contributed by atoms with E-state index in [1.54, 1.807) is 0 Å². The van der Waals surface area contributed by atoms with E-state index in [-0.39, 0.29) is 0 Å². The zero-order valence-electron chi connectivity index (χ0n) is 20.0. The second kappa shape index (κ2) is 21.8. The van der Waals surface area contributed by atoms with Crippen LogP contribution >= 0.6 is 478 Å². The average molecular weight is 2650 g/mol. The molecule has 1 unspecified atom stereocenters. The van der Waals surface area contributed by atoms with Crippen molar-refractivity contribution in [3.05, 3.63) is 0 Å². The Morgan fingerprint density at radius 2 is 0.333 bits per heavy atom. The molecule has 34 heteroatoms. The predicted molar refractivity (Wildman–Crippen MR) is 318 cm³/mol. The van der Waals surface area contributed by atoms with Crippen LogP contribution in [0.5, 0.6) is 0 Å². The van der Waals surface area contributed by atoms with Gasteiger partial charge in [0.1, 0.15) is 38.8 Å². The van der Waals surface area contributed by atoms with Crippen LogP contribution in [0.15, 0.2) is 0 Å². The molecule has 0 saturated carbocycles. The largest absolute Gasteiger partial charge is 0.750 e. The Balaban J connectivity index is 0. The molecule has 0 aliphatic carbocycles. The Hall–Kier alpha value is 14.5. The highest BCUT2D eigenvalue weighted by atomic mass is 80.0. The Morgan fingerprint density at radius 3 is 0.396 bits per heavy atom. The molecule has 0 heterocycles. The smallest absolute Gasteiger partial charge is 0.162 e. The van der Waals surface area contributed by atoms with Crippen LogP contribution in [0.2, 0.25) is 0 Å². The van der Waals surface area contributed by atoms with Crippen molar-refractivity contribution in [3.8, 4) is 0 Å². The molecule has 0 fully saturated rings. The molecular formula is C14HBr30O3S-. The van der Waals surface area contributed by atoms with Crippen molar-refractivity contribution in [1.82, 2.24) is 0 Å². The summed E-state index contributed by atoms with van der Waals surface area (Å²) in [4.78, 5) is 0. The average Bonchev–Trinajstić information content (AvgIpc) is 2.80. The molecule has 0 aromatic heterocycles. The summed E-state index contributed by atoms with van der Waals surface area (Å²) in [5, 5.41) is 0. The summed E-state index contributed by atoms with van der Waals surface area (Å²) in [6, 6.07) is 0. The molecule has 48 heavy (non-hydrogen) atoms. The molecule has 0 radical (unpaired) electrons. The highest BCUT2D eigenvalue weighted by Crippen LogP contribution is 2.82. The standard InChI is InChI=1S/C14Br30.H2O3S/c15-1(16,3(19,20)5(23,24)7(27,28)9(31,32)11(35,36)13(39,40)41)2(17,18)4(21,22)6(25,26)8(29,30)10(33,34)12(37,38)14(42,43)44;1-4(2)3/h;(H2,1,2,3)/p-1. The van der Waals surface area contributed by atoms with Crippen LogP contribution in [0.25, 0.3) is 0 Å². The minimum atomic E-state index is -2.86. The van der Waals surface area contributed by atoms with Crippen LogP contribution in [0, 0.1) is 0 Å². The fourth-order valence-electron chi connectivity index (χ4n) is 2.33. The summed E-state index contributed by atoms with van der Waals surface area (Å²) >= 11 is 113. The minimum absolute atomic E-state index is 0.873. The van der Waals surface area contributed by atoms with Crippen molar-refractivity contribution in [2.45, 2.75) is 43.1 Å². The number of halogens is 30. The fraction of sp³-hybridized carbons (Fsp3) is 1.00. The lowest BCUT2D eigenvalue weighted by atomic mass is 10.0. The highest BCUT2D eigenvalue weighted by molar-refractivity contribution is 9.43. The molecule has 0 bridgehead atoms. The SMILES string of the molecule is BrC(Br)(Br)C(Br)(Br)C(Br)(Br)C(Br)(Br)C(Br)(Br)C(Br)(Br)C(Br)(Br)C(Br)(Br)C(Br)(Br)C(Br)(Br)C(Br)(Br)C(Br)(Br)C(Br)(Br)C(Br)(Br)Br.O=S([O-])O. The summed E-state index contributed by atoms with van der Waals surface area (Å²) in [5.74, 6) is 0. The molecule has 0 aliphatic heterocycles. The van der Waals surface area contributed by atoms with Crippen molar-refractivity contribution in [2.24, 2.45) is 0 Å². The molecule has 0 amide bonds. The molecule has 0 aromatic rings. The Labute approximate surface area is 532 Å². The Morgan fingerprint density at radius 1 is 0.271 bits per heavy atom. The molecule has 0 saturated heterocycles. The maximum atomic E-state index is 8.56. The monoisotopic (exact) mass is 2620 g/mol. The van der Waals surface area contributed by atoms with Gasteiger partial charge in [0, 0.05) is 0 Å². The van der Waals surface area contributed by atoms with E-state index in [9.17, 15) is 0 Å². The van der Waals surface area contributed by atoms with Gasteiger partial charge >= 0.3 is 0 Å². The third-order valence-corrected chi connectivity index (χ3v) is 67.0. The van der Waals surface area contributed by atoms with Gasteiger partial charge in [-0.05, 0) is 0 Å². The molecule has 0 aromatic carbocycles. The van der Waals surface area contributed by atoms with Gasteiger partial charge < -0.3 is 9.11 Å². The molecular weight excluding hydrogens is 2650 g/mol. The number of rotatable bonds is 11. The van der Waals surface area contributed by atoms with Crippen molar-refractivity contribution >= 4 is 489 Å². The fourth-order valence-corrected chi connectivity index (χ4v) is 31.0. The summed E-state index contributed by atoms with van der Waals surface area (Å²) in [6.45, 7) is 0. The highest BCUT2D eigenvalue weighted by Gasteiger charge is 2.82. The first kappa shape index (κ1) is 64.6. The van der Waals surface area contributed by atoms with E-state index in [1.807, 2.05) is 0 Å².